The molecule has 0 radical (unpaired) electrons. The summed E-state index contributed by atoms with van der Waals surface area (Å²) >= 11 is 0. The standard InChI is InChI=1S/C25H38N2O5/c1-5-8-11-16-31-23(28)17-20-24(29)26-14-15-27(20)25(30)21(7-3)32-22-13-10-9-12-19(22)18(4)6-2/h9-10,12-13,18,20-21H,5-8,11,14-17H2,1-4H3,(H,26,29). The van der Waals surface area contributed by atoms with E-state index in [0.29, 0.717) is 37.8 Å². The molecule has 1 heterocycles. The summed E-state index contributed by atoms with van der Waals surface area (Å²) in [4.78, 5) is 39.7. The van der Waals surface area contributed by atoms with Gasteiger partial charge in [-0.2, -0.15) is 0 Å². The van der Waals surface area contributed by atoms with Crippen LogP contribution in [0.25, 0.3) is 0 Å². The molecule has 1 aromatic rings. The van der Waals surface area contributed by atoms with Crippen LogP contribution in [0.15, 0.2) is 24.3 Å². The number of unbranched alkanes of at least 4 members (excludes halogenated alkanes) is 2. The Balaban J connectivity index is 2.11. The van der Waals surface area contributed by atoms with Crippen molar-refractivity contribution in [1.82, 2.24) is 10.2 Å². The number of carbonyl (C=O) groups excluding carboxylic acids is 3. The summed E-state index contributed by atoms with van der Waals surface area (Å²) in [7, 11) is 0. The van der Waals surface area contributed by atoms with E-state index in [-0.39, 0.29) is 18.2 Å². The largest absolute Gasteiger partial charge is 0.480 e. The van der Waals surface area contributed by atoms with Gasteiger partial charge in [0.1, 0.15) is 11.8 Å². The van der Waals surface area contributed by atoms with Crippen LogP contribution in [0.5, 0.6) is 5.75 Å². The minimum Gasteiger partial charge on any atom is -0.480 e. The number of ether oxygens (including phenoxy) is 2. The maximum absolute atomic E-state index is 13.4. The van der Waals surface area contributed by atoms with Crippen molar-refractivity contribution >= 4 is 17.8 Å². The van der Waals surface area contributed by atoms with E-state index in [9.17, 15) is 14.4 Å². The number of piperazine rings is 1. The molecule has 7 heteroatoms. The van der Waals surface area contributed by atoms with Crippen LogP contribution >= 0.6 is 0 Å². The first kappa shape index (κ1) is 25.7. The Morgan fingerprint density at radius 2 is 1.91 bits per heavy atom. The number of hydrogen-bond acceptors (Lipinski definition) is 5. The SMILES string of the molecule is CCCCCOC(=O)CC1C(=O)NCCN1C(=O)C(CC)Oc1ccccc1C(C)CC. The van der Waals surface area contributed by atoms with E-state index in [4.69, 9.17) is 9.47 Å². The van der Waals surface area contributed by atoms with E-state index < -0.39 is 18.1 Å². The molecule has 0 aliphatic carbocycles. The van der Waals surface area contributed by atoms with E-state index in [1.807, 2.05) is 31.2 Å². The highest BCUT2D eigenvalue weighted by atomic mass is 16.5. The topological polar surface area (TPSA) is 84.9 Å². The molecule has 32 heavy (non-hydrogen) atoms. The lowest BCUT2D eigenvalue weighted by Crippen LogP contribution is -2.60. The molecule has 2 amide bonds. The Morgan fingerprint density at radius 3 is 2.59 bits per heavy atom. The zero-order valence-electron chi connectivity index (χ0n) is 19.9. The van der Waals surface area contributed by atoms with Crippen LogP contribution in [-0.2, 0) is 19.1 Å². The van der Waals surface area contributed by atoms with Gasteiger partial charge in [0.25, 0.3) is 5.91 Å². The minimum atomic E-state index is -0.877. The molecule has 3 unspecified atom stereocenters. The molecular weight excluding hydrogens is 408 g/mol. The summed E-state index contributed by atoms with van der Waals surface area (Å²) in [5, 5.41) is 2.76. The predicted octanol–water partition coefficient (Wildman–Crippen LogP) is 3.81. The molecule has 0 aromatic heterocycles. The van der Waals surface area contributed by atoms with Crippen molar-refractivity contribution in [3.8, 4) is 5.75 Å². The van der Waals surface area contributed by atoms with Crippen LogP contribution in [0, 0.1) is 0 Å². The molecule has 1 N–H and O–H groups in total. The van der Waals surface area contributed by atoms with Gasteiger partial charge >= 0.3 is 5.97 Å². The third kappa shape index (κ3) is 6.97. The van der Waals surface area contributed by atoms with Gasteiger partial charge in [0.2, 0.25) is 5.91 Å². The van der Waals surface area contributed by atoms with Crippen molar-refractivity contribution in [2.75, 3.05) is 19.7 Å². The molecule has 1 aliphatic heterocycles. The lowest BCUT2D eigenvalue weighted by molar-refractivity contribution is -0.154. The average Bonchev–Trinajstić information content (AvgIpc) is 2.81. The van der Waals surface area contributed by atoms with Crippen molar-refractivity contribution in [3.05, 3.63) is 29.8 Å². The number of nitrogens with one attached hydrogen (secondary N) is 1. The van der Waals surface area contributed by atoms with Gasteiger partial charge in [-0.05, 0) is 36.8 Å². The highest BCUT2D eigenvalue weighted by Crippen LogP contribution is 2.30. The molecule has 7 nitrogen and oxygen atoms in total. The number of para-hydroxylation sites is 1. The van der Waals surface area contributed by atoms with Gasteiger partial charge in [-0.3, -0.25) is 14.4 Å². The molecule has 178 valence electrons. The number of amides is 2. The van der Waals surface area contributed by atoms with Crippen LogP contribution in [0.2, 0.25) is 0 Å². The van der Waals surface area contributed by atoms with Crippen molar-refractivity contribution in [1.29, 1.82) is 0 Å². The lowest BCUT2D eigenvalue weighted by Gasteiger charge is -2.36. The molecule has 3 atom stereocenters. The number of benzene rings is 1. The molecule has 0 saturated carbocycles. The smallest absolute Gasteiger partial charge is 0.308 e. The second-order valence-electron chi connectivity index (χ2n) is 8.33. The summed E-state index contributed by atoms with van der Waals surface area (Å²) < 4.78 is 11.4. The van der Waals surface area contributed by atoms with E-state index in [1.54, 1.807) is 0 Å². The van der Waals surface area contributed by atoms with Gasteiger partial charge in [0.05, 0.1) is 13.0 Å². The maximum Gasteiger partial charge on any atom is 0.308 e. The number of esters is 1. The Kier molecular flexibility index (Phi) is 10.5. The number of carbonyl (C=O) groups is 3. The lowest BCUT2D eigenvalue weighted by atomic mass is 9.97. The third-order valence-electron chi connectivity index (χ3n) is 5.96. The highest BCUT2D eigenvalue weighted by Gasteiger charge is 2.38. The van der Waals surface area contributed by atoms with E-state index >= 15 is 0 Å². The monoisotopic (exact) mass is 446 g/mol. The summed E-state index contributed by atoms with van der Waals surface area (Å²) in [6.07, 6.45) is 3.35. The number of rotatable bonds is 12. The van der Waals surface area contributed by atoms with Crippen LogP contribution in [0.1, 0.15) is 77.7 Å². The summed E-state index contributed by atoms with van der Waals surface area (Å²) in [6.45, 7) is 9.23. The molecule has 1 aromatic carbocycles. The quantitative estimate of drug-likeness (QED) is 0.390. The zero-order valence-corrected chi connectivity index (χ0v) is 19.9. The van der Waals surface area contributed by atoms with E-state index in [1.165, 1.54) is 4.90 Å². The van der Waals surface area contributed by atoms with Crippen molar-refractivity contribution < 1.29 is 23.9 Å². The first-order chi connectivity index (χ1) is 15.4. The molecule has 2 rings (SSSR count). The fraction of sp³-hybridized carbons (Fsp3) is 0.640. The van der Waals surface area contributed by atoms with Gasteiger partial charge < -0.3 is 19.7 Å². The van der Waals surface area contributed by atoms with Crippen molar-refractivity contribution in [2.45, 2.75) is 84.3 Å². The van der Waals surface area contributed by atoms with E-state index in [0.717, 1.165) is 31.2 Å². The predicted molar refractivity (Wildman–Crippen MR) is 123 cm³/mol. The van der Waals surface area contributed by atoms with Gasteiger partial charge in [0, 0.05) is 13.1 Å². The molecule has 0 bridgehead atoms. The normalized spacial score (nSPS) is 17.9. The number of hydrogen-bond donors (Lipinski definition) is 1. The molecule has 1 fully saturated rings. The van der Waals surface area contributed by atoms with Gasteiger partial charge in [-0.15, -0.1) is 0 Å². The van der Waals surface area contributed by atoms with E-state index in [2.05, 4.69) is 26.1 Å². The molecular formula is C25H38N2O5. The second kappa shape index (κ2) is 13.1. The Morgan fingerprint density at radius 1 is 1.16 bits per heavy atom. The fourth-order valence-corrected chi connectivity index (χ4v) is 3.80. The zero-order chi connectivity index (χ0) is 23.5. The van der Waals surface area contributed by atoms with Crippen LogP contribution in [0.3, 0.4) is 0 Å². The Labute approximate surface area is 191 Å². The van der Waals surface area contributed by atoms with Crippen molar-refractivity contribution in [2.24, 2.45) is 0 Å². The molecule has 1 aliphatic rings. The summed E-state index contributed by atoms with van der Waals surface area (Å²) in [6, 6.07) is 6.88. The third-order valence-corrected chi connectivity index (χ3v) is 5.96. The Hall–Kier alpha value is -2.57. The van der Waals surface area contributed by atoms with Gasteiger partial charge in [-0.25, -0.2) is 0 Å². The van der Waals surface area contributed by atoms with Crippen molar-refractivity contribution in [3.63, 3.8) is 0 Å². The first-order valence-corrected chi connectivity index (χ1v) is 11.9. The highest BCUT2D eigenvalue weighted by molar-refractivity contribution is 5.93. The molecule has 1 saturated heterocycles. The first-order valence-electron chi connectivity index (χ1n) is 11.9. The Bertz CT molecular complexity index is 766. The summed E-state index contributed by atoms with van der Waals surface area (Å²) in [5.41, 5.74) is 1.06. The fourth-order valence-electron chi connectivity index (χ4n) is 3.80. The minimum absolute atomic E-state index is 0.149. The van der Waals surface area contributed by atoms with Crippen LogP contribution in [-0.4, -0.2) is 54.5 Å². The van der Waals surface area contributed by atoms with Gasteiger partial charge in [-0.1, -0.05) is 58.7 Å². The second-order valence-corrected chi connectivity index (χ2v) is 8.33. The van der Waals surface area contributed by atoms with Crippen LogP contribution in [0.4, 0.5) is 0 Å². The maximum atomic E-state index is 13.4. The van der Waals surface area contributed by atoms with Crippen LogP contribution < -0.4 is 10.1 Å². The van der Waals surface area contributed by atoms with Gasteiger partial charge in [0.15, 0.2) is 6.10 Å². The number of nitrogens with zero attached hydrogens (tertiary/aromatic N) is 1. The average molecular weight is 447 g/mol. The summed E-state index contributed by atoms with van der Waals surface area (Å²) in [5.74, 6) is -0.0720. The molecule has 0 spiro atoms.